The molecule has 1 saturated carbocycles. The van der Waals surface area contributed by atoms with Crippen molar-refractivity contribution in [2.45, 2.75) is 44.1 Å². The molecular formula is C15H16ClF2NO2. The van der Waals surface area contributed by atoms with E-state index in [1.54, 1.807) is 12.1 Å². The molecule has 1 N–H and O–H groups in total. The molecule has 0 bridgehead atoms. The molecule has 0 spiro atoms. The third-order valence-corrected chi connectivity index (χ3v) is 4.93. The quantitative estimate of drug-likeness (QED) is 0.908. The van der Waals surface area contributed by atoms with Gasteiger partial charge in [-0.15, -0.1) is 0 Å². The summed E-state index contributed by atoms with van der Waals surface area (Å²) in [6.07, 6.45) is -0.323. The fourth-order valence-electron chi connectivity index (χ4n) is 3.21. The summed E-state index contributed by atoms with van der Waals surface area (Å²) in [6.45, 7) is 2.17. The number of phenolic OH excluding ortho intramolecular Hbond substituents is 1. The van der Waals surface area contributed by atoms with E-state index in [-0.39, 0.29) is 42.9 Å². The zero-order valence-corrected chi connectivity index (χ0v) is 12.3. The van der Waals surface area contributed by atoms with Crippen molar-refractivity contribution in [3.05, 3.63) is 28.3 Å². The number of benzene rings is 1. The van der Waals surface area contributed by atoms with E-state index in [9.17, 15) is 18.7 Å². The van der Waals surface area contributed by atoms with E-state index in [0.29, 0.717) is 17.1 Å². The predicted octanol–water partition coefficient (Wildman–Crippen LogP) is 3.47. The van der Waals surface area contributed by atoms with Gasteiger partial charge in [0.25, 0.3) is 5.92 Å². The lowest BCUT2D eigenvalue weighted by Crippen LogP contribution is -2.51. The lowest BCUT2D eigenvalue weighted by Gasteiger charge is -2.40. The minimum absolute atomic E-state index is 0.0594. The highest BCUT2D eigenvalue weighted by Gasteiger charge is 2.51. The Morgan fingerprint density at radius 2 is 2.05 bits per heavy atom. The van der Waals surface area contributed by atoms with E-state index >= 15 is 0 Å². The van der Waals surface area contributed by atoms with Crippen LogP contribution in [0.3, 0.4) is 0 Å². The highest BCUT2D eigenvalue weighted by molar-refractivity contribution is 6.32. The van der Waals surface area contributed by atoms with Crippen LogP contribution in [0.1, 0.15) is 36.3 Å². The van der Waals surface area contributed by atoms with Gasteiger partial charge in [-0.1, -0.05) is 17.7 Å². The Morgan fingerprint density at radius 1 is 1.38 bits per heavy atom. The van der Waals surface area contributed by atoms with Crippen molar-refractivity contribution in [2.75, 3.05) is 6.54 Å². The fraction of sp³-hybridized carbons (Fsp3) is 0.533. The second kappa shape index (κ2) is 4.83. The van der Waals surface area contributed by atoms with Crippen molar-refractivity contribution < 1.29 is 18.7 Å². The molecule has 21 heavy (non-hydrogen) atoms. The highest BCUT2D eigenvalue weighted by atomic mass is 35.5. The largest absolute Gasteiger partial charge is 0.508 e. The summed E-state index contributed by atoms with van der Waals surface area (Å²) in [5, 5.41) is 10.5. The number of rotatable bonds is 2. The van der Waals surface area contributed by atoms with Crippen LogP contribution in [0, 0.1) is 6.92 Å². The number of amides is 1. The molecular weight excluding hydrogens is 300 g/mol. The van der Waals surface area contributed by atoms with Gasteiger partial charge in [0.1, 0.15) is 5.75 Å². The van der Waals surface area contributed by atoms with Crippen LogP contribution in [-0.4, -0.2) is 34.4 Å². The molecule has 3 nitrogen and oxygen atoms in total. The molecule has 1 heterocycles. The molecule has 2 aliphatic rings. The molecule has 1 aromatic carbocycles. The van der Waals surface area contributed by atoms with Gasteiger partial charge in [0.2, 0.25) is 5.91 Å². The first-order valence-corrected chi connectivity index (χ1v) is 7.31. The van der Waals surface area contributed by atoms with Gasteiger partial charge < -0.3 is 10.0 Å². The van der Waals surface area contributed by atoms with Gasteiger partial charge in [0, 0.05) is 43.3 Å². The van der Waals surface area contributed by atoms with E-state index in [1.807, 2.05) is 6.92 Å². The Morgan fingerprint density at radius 3 is 2.67 bits per heavy atom. The molecule has 114 valence electrons. The maximum atomic E-state index is 13.0. The molecule has 1 aromatic rings. The lowest BCUT2D eigenvalue weighted by molar-refractivity contribution is -0.148. The summed E-state index contributed by atoms with van der Waals surface area (Å²) < 4.78 is 25.9. The standard InChI is InChI=1S/C15H16ClF2NO2/c1-8-2-3-11(20)13(14(8)16)9-4-12(21)19(7-9)10-5-15(17,18)6-10/h2-3,9-10,20H,4-7H2,1H3/t9-/m1/s1. The van der Waals surface area contributed by atoms with Crippen LogP contribution < -0.4 is 0 Å². The number of nitrogens with zero attached hydrogens (tertiary/aromatic N) is 1. The number of aromatic hydroxyl groups is 1. The van der Waals surface area contributed by atoms with Gasteiger partial charge >= 0.3 is 0 Å². The lowest BCUT2D eigenvalue weighted by atomic mass is 9.87. The number of hydrogen-bond acceptors (Lipinski definition) is 2. The van der Waals surface area contributed by atoms with Gasteiger partial charge in [-0.2, -0.15) is 0 Å². The van der Waals surface area contributed by atoms with Crippen molar-refractivity contribution in [3.8, 4) is 5.75 Å². The Hall–Kier alpha value is -1.36. The van der Waals surface area contributed by atoms with Crippen molar-refractivity contribution in [2.24, 2.45) is 0 Å². The summed E-state index contributed by atoms with van der Waals surface area (Å²) >= 11 is 6.24. The summed E-state index contributed by atoms with van der Waals surface area (Å²) in [6, 6.07) is 2.88. The zero-order valence-electron chi connectivity index (χ0n) is 11.6. The average molecular weight is 316 g/mol. The average Bonchev–Trinajstić information content (AvgIpc) is 2.73. The summed E-state index contributed by atoms with van der Waals surface area (Å²) in [4.78, 5) is 13.6. The van der Waals surface area contributed by atoms with Gasteiger partial charge in [-0.25, -0.2) is 8.78 Å². The molecule has 1 atom stereocenters. The molecule has 0 aromatic heterocycles. The highest BCUT2D eigenvalue weighted by Crippen LogP contribution is 2.45. The van der Waals surface area contributed by atoms with Crippen molar-refractivity contribution in [1.29, 1.82) is 0 Å². The SMILES string of the molecule is Cc1ccc(O)c([C@@H]2CC(=O)N(C3CC(F)(F)C3)C2)c1Cl. The summed E-state index contributed by atoms with van der Waals surface area (Å²) in [5.74, 6) is -2.97. The molecule has 6 heteroatoms. The van der Waals surface area contributed by atoms with Gasteiger partial charge in [0.15, 0.2) is 0 Å². The van der Waals surface area contributed by atoms with Crippen molar-refractivity contribution in [1.82, 2.24) is 4.90 Å². The molecule has 1 amide bonds. The van der Waals surface area contributed by atoms with Gasteiger partial charge in [0.05, 0.1) is 5.02 Å². The Balaban J connectivity index is 1.81. The monoisotopic (exact) mass is 315 g/mol. The van der Waals surface area contributed by atoms with Gasteiger partial charge in [-0.3, -0.25) is 4.79 Å². The summed E-state index contributed by atoms with van der Waals surface area (Å²) in [7, 11) is 0. The van der Waals surface area contributed by atoms with Crippen molar-refractivity contribution >= 4 is 17.5 Å². The van der Waals surface area contributed by atoms with E-state index in [1.165, 1.54) is 4.90 Å². The predicted molar refractivity (Wildman–Crippen MR) is 74.9 cm³/mol. The maximum absolute atomic E-state index is 13.0. The third-order valence-electron chi connectivity index (χ3n) is 4.43. The molecule has 3 rings (SSSR count). The van der Waals surface area contributed by atoms with Crippen LogP contribution in [0.15, 0.2) is 12.1 Å². The van der Waals surface area contributed by atoms with Crippen molar-refractivity contribution in [3.63, 3.8) is 0 Å². The van der Waals surface area contributed by atoms with Crippen LogP contribution in [0.5, 0.6) is 5.75 Å². The van der Waals surface area contributed by atoms with E-state index in [2.05, 4.69) is 0 Å². The minimum atomic E-state index is -2.65. The molecule has 2 fully saturated rings. The summed E-state index contributed by atoms with van der Waals surface area (Å²) in [5.41, 5.74) is 1.38. The third kappa shape index (κ3) is 2.48. The first kappa shape index (κ1) is 14.6. The zero-order chi connectivity index (χ0) is 15.4. The fourth-order valence-corrected chi connectivity index (χ4v) is 3.52. The number of aryl methyl sites for hydroxylation is 1. The Bertz CT molecular complexity index is 598. The normalized spacial score (nSPS) is 25.2. The second-order valence-electron chi connectivity index (χ2n) is 5.99. The number of carbonyl (C=O) groups is 1. The second-order valence-corrected chi connectivity index (χ2v) is 6.37. The van der Waals surface area contributed by atoms with Crippen LogP contribution in [0.4, 0.5) is 8.78 Å². The number of carbonyl (C=O) groups excluding carboxylic acids is 1. The first-order valence-electron chi connectivity index (χ1n) is 6.94. The number of phenols is 1. The van der Waals surface area contributed by atoms with Gasteiger partial charge in [-0.05, 0) is 18.6 Å². The Kier molecular flexibility index (Phi) is 3.35. The topological polar surface area (TPSA) is 40.5 Å². The molecule has 1 aliphatic heterocycles. The molecule has 0 radical (unpaired) electrons. The number of halogens is 3. The van der Waals surface area contributed by atoms with Crippen LogP contribution >= 0.6 is 11.6 Å². The maximum Gasteiger partial charge on any atom is 0.252 e. The molecule has 1 saturated heterocycles. The van der Waals surface area contributed by atoms with Crippen LogP contribution in [0.25, 0.3) is 0 Å². The van der Waals surface area contributed by atoms with E-state index in [0.717, 1.165) is 5.56 Å². The molecule has 1 aliphatic carbocycles. The minimum Gasteiger partial charge on any atom is -0.508 e. The number of likely N-dealkylation sites (tertiary alicyclic amines) is 1. The number of hydrogen-bond donors (Lipinski definition) is 1. The smallest absolute Gasteiger partial charge is 0.252 e. The first-order chi connectivity index (χ1) is 9.78. The number of alkyl halides is 2. The van der Waals surface area contributed by atoms with E-state index < -0.39 is 5.92 Å². The Labute approximate surface area is 126 Å². The van der Waals surface area contributed by atoms with E-state index in [4.69, 9.17) is 11.6 Å². The molecule has 0 unspecified atom stereocenters. The van der Waals surface area contributed by atoms with Crippen LogP contribution in [-0.2, 0) is 4.79 Å². The van der Waals surface area contributed by atoms with Crippen LogP contribution in [0.2, 0.25) is 5.02 Å².